The third-order valence-corrected chi connectivity index (χ3v) is 17.2. The molecule has 7 rings (SSSR count). The lowest BCUT2D eigenvalue weighted by atomic mass is 10.1. The zero-order valence-corrected chi connectivity index (χ0v) is 106. The van der Waals surface area contributed by atoms with Gasteiger partial charge in [-0.3, -0.25) is 14.6 Å². The summed E-state index contributed by atoms with van der Waals surface area (Å²) < 4.78 is 36.3. The summed E-state index contributed by atoms with van der Waals surface area (Å²) >= 11 is 11.4. The molecule has 0 bridgehead atoms. The molecule has 2 heterocycles. The van der Waals surface area contributed by atoms with E-state index in [1.807, 2.05) is 103 Å². The van der Waals surface area contributed by atoms with Crippen molar-refractivity contribution >= 4 is 76.3 Å². The maximum absolute atomic E-state index is 12.1. The molecule has 0 saturated carbocycles. The molecule has 0 radical (unpaired) electrons. The summed E-state index contributed by atoms with van der Waals surface area (Å²) in [6.45, 7) is 89.2. The number of ketones is 2. The normalized spacial score (nSPS) is 8.75. The van der Waals surface area contributed by atoms with Crippen molar-refractivity contribution in [2.75, 3.05) is 50.5 Å². The van der Waals surface area contributed by atoms with Gasteiger partial charge >= 0.3 is 12.1 Å². The number of imidazole rings is 1. The first-order chi connectivity index (χ1) is 69.5. The zero-order chi connectivity index (χ0) is 119. The van der Waals surface area contributed by atoms with E-state index in [0.29, 0.717) is 24.2 Å². The fraction of sp³-hybridized carbons (Fsp3) is 0.680. The number of guanidine groups is 1. The van der Waals surface area contributed by atoms with E-state index in [1.165, 1.54) is 153 Å². The molecule has 17 nitrogen and oxygen atoms in total. The van der Waals surface area contributed by atoms with Gasteiger partial charge in [-0.25, -0.2) is 4.98 Å². The second-order valence-electron chi connectivity index (χ2n) is 34.6. The Balaban J connectivity index is -0.0000000646. The number of benzene rings is 5. The van der Waals surface area contributed by atoms with Gasteiger partial charge in [0, 0.05) is 66.2 Å². The number of alkyl halides is 3. The number of primary amides is 1. The number of aromatic amines is 2. The molecule has 0 saturated heterocycles. The number of H-pyrrole nitrogens is 2. The number of hydrogen-bond acceptors (Lipinski definition) is 13. The van der Waals surface area contributed by atoms with Crippen LogP contribution in [0.1, 0.15) is 484 Å². The predicted octanol–water partition coefficient (Wildman–Crippen LogP) is 38.1. The number of unbranched alkanes of at least 4 members (excludes halogenated alkanes) is 7. The molecule has 148 heavy (non-hydrogen) atoms. The van der Waals surface area contributed by atoms with Gasteiger partial charge in [-0.15, -0.1) is 0 Å². The number of phenols is 1. The van der Waals surface area contributed by atoms with Gasteiger partial charge in [0.15, 0.2) is 5.96 Å². The summed E-state index contributed by atoms with van der Waals surface area (Å²) in [7, 11) is 0. The number of thioether (sulfide) groups is 1. The molecular weight excluding hydrogens is 1910 g/mol. The number of carbonyl (C=O) groups excluding carboxylic acids is 3. The highest BCUT2D eigenvalue weighted by Gasteiger charge is 2.30. The van der Waals surface area contributed by atoms with E-state index in [0.717, 1.165) is 150 Å². The number of carboxylic acid groups (broad SMARTS) is 1. The second-order valence-corrected chi connectivity index (χ2v) is 36.7. The molecule has 0 aliphatic carbocycles. The maximum atomic E-state index is 12.1. The number of aromatic nitrogens is 3. The van der Waals surface area contributed by atoms with E-state index in [1.54, 1.807) is 52.2 Å². The van der Waals surface area contributed by atoms with Crippen molar-refractivity contribution in [2.45, 2.75) is 490 Å². The molecule has 0 fully saturated rings. The summed E-state index contributed by atoms with van der Waals surface area (Å²) in [6, 6.07) is 39.4. The topological polar surface area (TPSA) is 348 Å². The number of phenolic OH excluding ortho intramolecular Hbond substituents is 1. The lowest BCUT2D eigenvalue weighted by Gasteiger charge is -2.06. The molecule has 0 atom stereocenters. The average molecular weight is 2160 g/mol. The molecule has 23 heteroatoms. The first-order valence-electron chi connectivity index (χ1n) is 56.2. The van der Waals surface area contributed by atoms with E-state index in [2.05, 4.69) is 313 Å². The van der Waals surface area contributed by atoms with Gasteiger partial charge in [0.05, 0.1) is 11.9 Å². The Morgan fingerprint density at radius 1 is 0.459 bits per heavy atom. The SMILES string of the molecule is C.CC.CC(C)C.CC(C)C.CCC.CCC.CCC(=O)O.CCC(C)C.CCC(C)C.CCC(N)=O.CCCC.CCCC(C)=O.CCCC(C)=O.CCCCC.CCCCCN.CCCCN.CCCCN=C(N)N.CCCN.CCCSC.CCN.CCS.CCc1c[nH]c2ccccc12.CCc1ccc(O)cc1.CCc1cccc(C(F)(F)F)c1.CCc1cccc(Cl)c1.CCc1ccccc1.CCc1cnc[nH]1. The summed E-state index contributed by atoms with van der Waals surface area (Å²) in [4.78, 5) is 52.9. The number of rotatable bonds is 28. The molecule has 18 N–H and O–H groups in total. The van der Waals surface area contributed by atoms with E-state index in [9.17, 15) is 32.3 Å². The predicted molar refractivity (Wildman–Crippen MR) is 677 cm³/mol. The van der Waals surface area contributed by atoms with Crippen molar-refractivity contribution in [1.82, 2.24) is 15.0 Å². The fourth-order valence-electron chi connectivity index (χ4n) is 7.30. The number of carbonyl (C=O) groups is 4. The minimum atomic E-state index is -4.22. The summed E-state index contributed by atoms with van der Waals surface area (Å²) in [5.74, 6) is 5.81. The van der Waals surface area contributed by atoms with E-state index in [-0.39, 0.29) is 37.3 Å². The highest BCUT2D eigenvalue weighted by atomic mass is 35.5. The number of nitrogens with two attached hydrogens (primary N) is 7. The quantitative estimate of drug-likeness (QED) is 0.00939. The largest absolute Gasteiger partial charge is 0.508 e. The van der Waals surface area contributed by atoms with Crippen molar-refractivity contribution in [3.05, 3.63) is 190 Å². The van der Waals surface area contributed by atoms with E-state index < -0.39 is 17.7 Å². The Morgan fingerprint density at radius 2 is 0.811 bits per heavy atom. The first kappa shape index (κ1) is 189. The second kappa shape index (κ2) is 173. The number of nitrogens with zero attached hydrogens (tertiary/aromatic N) is 2. The van der Waals surface area contributed by atoms with Crippen LogP contribution in [0.5, 0.6) is 5.75 Å². The van der Waals surface area contributed by atoms with Gasteiger partial charge in [-0.2, -0.15) is 37.6 Å². The van der Waals surface area contributed by atoms with Gasteiger partial charge in [0.25, 0.3) is 0 Å². The molecule has 0 aliphatic heterocycles. The van der Waals surface area contributed by atoms with Crippen LogP contribution in [0.15, 0.2) is 151 Å². The van der Waals surface area contributed by atoms with Gasteiger partial charge in [0.1, 0.15) is 17.3 Å². The number of hydrogen-bond donors (Lipinski definition) is 12. The van der Waals surface area contributed by atoms with Crippen LogP contribution in [-0.4, -0.2) is 105 Å². The van der Waals surface area contributed by atoms with Crippen LogP contribution < -0.4 is 40.1 Å². The van der Waals surface area contributed by atoms with Crippen molar-refractivity contribution in [3.8, 4) is 5.75 Å². The van der Waals surface area contributed by atoms with Crippen LogP contribution in [-0.2, 0) is 63.9 Å². The van der Waals surface area contributed by atoms with Crippen LogP contribution in [0.2, 0.25) is 5.02 Å². The van der Waals surface area contributed by atoms with Crippen LogP contribution in [0, 0.1) is 23.7 Å². The smallest absolute Gasteiger partial charge is 0.416 e. The maximum Gasteiger partial charge on any atom is 0.416 e. The standard InChI is InChI=1S/C10H11N.C9H9F3.C8H9Cl.C8H10O.C8H10.C5H13N3.C5H8N2.C5H13N.2C5H10O.3C5H12.C4H11N.C4H10S.3C4H10.C3H7NO.C3H9N.C3H6O2.2C3H8.C2H7N.C2H6S.C2H6.CH4/c1-2-8-7-11-10-6-4-3-5-9(8)10;1-2-7-4-3-5-8(6-7)9(10,11)12;1-2-7-4-3-5-8(9)6-7;1-2-7-3-5-8(9)6-4-7;1-2-8-6-4-3-5-7-8;1-2-3-4-8-5(6)7;1-2-5-3-6-4-7-5;1-2-3-4-5-6;2*1-3-4-5(2)6;2*1-4-5(2)3;1-3-5-4-2;1-2-3-4-5;1-3-4-5-2;2*1-4(2)3;1-3-4-2;1-2-3(4)5;1-2-3-4;1-2-3(4)5;2*1-3-2;2*1-2-3;1-2;/h3-7,11H,2H2,1H3;3-6H,2H2,1H3;3-6H,2H2,1H3;3-6,9H,2H2,1H3;3-7H,2H2,1H3;2-4H2,1H3,(H4,6,7,8);3-4H,2H2,1H3,(H,6,7);2-6H2,1H3;2*3-4H2,1-2H3;2*5H,4H2,1-3H3;3-5H2,1-2H3;2-5H2,1H3;3-4H2,1-2H3;2*4H,1-3H3;3-4H2,1-2H3;2H2,1H3,(H2,4,5);2-4H2,1H3;2H2,1H3,(H,4,5);2*3H2,1-2H3;2-3H2,1H3;3H,2H2,1H3;1-2H3;1H4. The van der Waals surface area contributed by atoms with Gasteiger partial charge in [0.2, 0.25) is 5.91 Å². The Hall–Kier alpha value is -7.18. The lowest BCUT2D eigenvalue weighted by molar-refractivity contribution is -0.138. The van der Waals surface area contributed by atoms with Crippen molar-refractivity contribution in [2.24, 2.45) is 68.8 Å². The average Bonchev–Trinajstić information content (AvgIpc) is 1.69. The Bertz CT molecular complexity index is 3350. The first-order valence-corrected chi connectivity index (χ1v) is 58.6. The summed E-state index contributed by atoms with van der Waals surface area (Å²) in [5, 5.41) is 18.8. The molecule has 5 aromatic carbocycles. The molecule has 0 spiro atoms. The highest BCUT2D eigenvalue weighted by molar-refractivity contribution is 7.98. The van der Waals surface area contributed by atoms with Gasteiger partial charge in [-0.1, -0.05) is 464 Å². The van der Waals surface area contributed by atoms with Crippen LogP contribution in [0.4, 0.5) is 13.2 Å². The number of aliphatic carboxylic acids is 1. The monoisotopic (exact) mass is 2160 g/mol. The van der Waals surface area contributed by atoms with Crippen molar-refractivity contribution in [1.29, 1.82) is 0 Å². The van der Waals surface area contributed by atoms with E-state index >= 15 is 0 Å². The van der Waals surface area contributed by atoms with Crippen molar-refractivity contribution in [3.63, 3.8) is 0 Å². The number of aryl methyl sites for hydroxylation is 6. The number of carboxylic acids is 1. The third kappa shape index (κ3) is 235. The van der Waals surface area contributed by atoms with Gasteiger partial charge < -0.3 is 69.9 Å². The minimum absolute atomic E-state index is 0. The number of fused-ring (bicyclic) bond motifs is 1. The molecule has 882 valence electrons. The molecule has 2 aromatic heterocycles. The Morgan fingerprint density at radius 3 is 1.02 bits per heavy atom. The number of halogens is 4. The fourth-order valence-corrected chi connectivity index (χ4v) is 7.92. The van der Waals surface area contributed by atoms with Crippen LogP contribution >= 0.6 is 36.0 Å². The van der Waals surface area contributed by atoms with E-state index in [4.69, 9.17) is 56.2 Å². The minimum Gasteiger partial charge on any atom is -0.508 e. The number of amides is 1. The van der Waals surface area contributed by atoms with Crippen LogP contribution in [0.3, 0.4) is 0 Å². The number of aliphatic imine (C=N–C) groups is 1. The zero-order valence-electron chi connectivity index (χ0n) is 104. The van der Waals surface area contributed by atoms with Crippen LogP contribution in [0.25, 0.3) is 10.9 Å². The summed E-state index contributed by atoms with van der Waals surface area (Å²) in [6.07, 6.45) is 36.2. The summed E-state index contributed by atoms with van der Waals surface area (Å²) in [5.41, 5.74) is 42.9. The molecule has 0 aliphatic rings. The molecule has 1 amide bonds. The Labute approximate surface area is 933 Å². The van der Waals surface area contributed by atoms with Crippen molar-refractivity contribution < 1.29 is 42.6 Å². The molecule has 0 unspecified atom stereocenters. The third-order valence-electron chi connectivity index (χ3n) is 16.1. The molecular formula is C125H251ClF3N11O6S2. The lowest BCUT2D eigenvalue weighted by Crippen LogP contribution is -2.22. The number of Topliss-reactive ketones (excluding diaryl/α,β-unsaturated/α-hetero) is 2. The number of para-hydroxylation sites is 1. The highest BCUT2D eigenvalue weighted by Crippen LogP contribution is 2.29. The number of thiol groups is 1. The number of aromatic hydroxyl groups is 1. The van der Waals surface area contributed by atoms with Gasteiger partial charge in [-0.05, 0) is 229 Å². The number of nitrogens with one attached hydrogen (secondary N) is 2. The molecule has 7 aromatic rings. The Kier molecular flexibility index (Phi) is 220.